The van der Waals surface area contributed by atoms with Gasteiger partial charge in [-0.15, -0.1) is 0 Å². The lowest BCUT2D eigenvalue weighted by Gasteiger charge is -2.39. The lowest BCUT2D eigenvalue weighted by Crippen LogP contribution is -2.53. The Morgan fingerprint density at radius 3 is 2.08 bits per heavy atom. The molecule has 4 rings (SSSR count). The Bertz CT molecular complexity index is 642. The first-order valence-corrected chi connectivity index (χ1v) is 9.44. The number of nitrogens with zero attached hydrogens (tertiary/aromatic N) is 2. The van der Waals surface area contributed by atoms with E-state index >= 15 is 0 Å². The van der Waals surface area contributed by atoms with Gasteiger partial charge in [0.05, 0.1) is 5.92 Å². The predicted molar refractivity (Wildman–Crippen MR) is 94.3 cm³/mol. The van der Waals surface area contributed by atoms with E-state index in [4.69, 9.17) is 5.11 Å². The van der Waals surface area contributed by atoms with Crippen molar-refractivity contribution >= 4 is 11.9 Å². The molecule has 1 N–H and O–H groups in total. The van der Waals surface area contributed by atoms with Gasteiger partial charge in [0.25, 0.3) is 0 Å². The standard InChI is InChI=1S/C20H26N2O3/c23-19(16-5-6-17(11-16)20(24)25)22-9-7-21(8-10-22)18-12-14-3-1-2-4-15(14)13-18/h1-4,16-18H,5-13H2,(H,24,25)/t16-,17+/m0/s1. The zero-order chi connectivity index (χ0) is 17.4. The Labute approximate surface area is 148 Å². The molecular formula is C20H26N2O3. The van der Waals surface area contributed by atoms with Crippen molar-refractivity contribution in [3.8, 4) is 0 Å². The van der Waals surface area contributed by atoms with Crippen molar-refractivity contribution in [1.82, 2.24) is 9.80 Å². The monoisotopic (exact) mass is 342 g/mol. The first kappa shape index (κ1) is 16.6. The smallest absolute Gasteiger partial charge is 0.306 e. The molecule has 0 spiro atoms. The van der Waals surface area contributed by atoms with E-state index in [9.17, 15) is 9.59 Å². The van der Waals surface area contributed by atoms with Gasteiger partial charge in [0.2, 0.25) is 5.91 Å². The molecule has 2 atom stereocenters. The number of hydrogen-bond acceptors (Lipinski definition) is 3. The number of carboxylic acid groups (broad SMARTS) is 1. The number of carbonyl (C=O) groups is 2. The molecule has 1 aliphatic heterocycles. The third-order valence-corrected chi connectivity index (χ3v) is 6.30. The van der Waals surface area contributed by atoms with E-state index in [1.807, 2.05) is 4.90 Å². The average Bonchev–Trinajstić information content (AvgIpc) is 3.28. The normalized spacial score (nSPS) is 27.4. The molecule has 1 amide bonds. The summed E-state index contributed by atoms with van der Waals surface area (Å²) in [4.78, 5) is 28.3. The van der Waals surface area contributed by atoms with Crippen LogP contribution in [0.25, 0.3) is 0 Å². The molecule has 1 heterocycles. The molecule has 1 saturated heterocycles. The van der Waals surface area contributed by atoms with Gasteiger partial charge in [-0.3, -0.25) is 14.5 Å². The molecule has 5 heteroatoms. The maximum absolute atomic E-state index is 12.7. The summed E-state index contributed by atoms with van der Waals surface area (Å²) in [6.45, 7) is 3.42. The molecule has 1 saturated carbocycles. The van der Waals surface area contributed by atoms with Crippen LogP contribution in [0.15, 0.2) is 24.3 Å². The zero-order valence-electron chi connectivity index (χ0n) is 14.6. The summed E-state index contributed by atoms with van der Waals surface area (Å²) in [5, 5.41) is 9.12. The second kappa shape index (κ2) is 6.79. The third kappa shape index (κ3) is 3.30. The number of aliphatic carboxylic acids is 1. The van der Waals surface area contributed by atoms with Gasteiger partial charge in [-0.1, -0.05) is 24.3 Å². The lowest BCUT2D eigenvalue weighted by molar-refractivity contribution is -0.142. The van der Waals surface area contributed by atoms with Gasteiger partial charge in [0.15, 0.2) is 0 Å². The highest BCUT2D eigenvalue weighted by Crippen LogP contribution is 2.33. The Morgan fingerprint density at radius 1 is 0.920 bits per heavy atom. The van der Waals surface area contributed by atoms with E-state index in [0.717, 1.165) is 45.4 Å². The maximum atomic E-state index is 12.7. The lowest BCUT2D eigenvalue weighted by atomic mass is 10.0. The van der Waals surface area contributed by atoms with Crippen LogP contribution >= 0.6 is 0 Å². The van der Waals surface area contributed by atoms with Crippen LogP contribution in [0.5, 0.6) is 0 Å². The number of benzene rings is 1. The molecule has 1 aromatic rings. The third-order valence-electron chi connectivity index (χ3n) is 6.30. The van der Waals surface area contributed by atoms with Gasteiger partial charge in [-0.25, -0.2) is 0 Å². The van der Waals surface area contributed by atoms with Gasteiger partial charge in [-0.05, 0) is 43.2 Å². The number of amides is 1. The van der Waals surface area contributed by atoms with Crippen molar-refractivity contribution in [2.45, 2.75) is 38.1 Å². The number of carbonyl (C=O) groups excluding carboxylic acids is 1. The van der Waals surface area contributed by atoms with Crippen molar-refractivity contribution < 1.29 is 14.7 Å². The number of carboxylic acids is 1. The topological polar surface area (TPSA) is 60.9 Å². The van der Waals surface area contributed by atoms with Crippen LogP contribution in [0.4, 0.5) is 0 Å². The maximum Gasteiger partial charge on any atom is 0.306 e. The van der Waals surface area contributed by atoms with Gasteiger partial charge in [0, 0.05) is 38.1 Å². The molecule has 0 unspecified atom stereocenters. The highest BCUT2D eigenvalue weighted by atomic mass is 16.4. The largest absolute Gasteiger partial charge is 0.481 e. The van der Waals surface area contributed by atoms with Crippen molar-refractivity contribution in [2.24, 2.45) is 11.8 Å². The molecule has 2 aliphatic carbocycles. The van der Waals surface area contributed by atoms with Gasteiger partial charge in [-0.2, -0.15) is 0 Å². The van der Waals surface area contributed by atoms with E-state index in [0.29, 0.717) is 18.9 Å². The zero-order valence-corrected chi connectivity index (χ0v) is 14.6. The Kier molecular flexibility index (Phi) is 4.50. The van der Waals surface area contributed by atoms with Crippen molar-refractivity contribution in [1.29, 1.82) is 0 Å². The quantitative estimate of drug-likeness (QED) is 0.910. The average molecular weight is 342 g/mol. The molecular weight excluding hydrogens is 316 g/mol. The minimum atomic E-state index is -0.749. The van der Waals surface area contributed by atoms with Gasteiger partial charge < -0.3 is 10.0 Å². The van der Waals surface area contributed by atoms with Crippen LogP contribution in [0.3, 0.4) is 0 Å². The Hall–Kier alpha value is -1.88. The molecule has 1 aromatic carbocycles. The fourth-order valence-corrected chi connectivity index (χ4v) is 4.79. The Morgan fingerprint density at radius 2 is 1.52 bits per heavy atom. The molecule has 2 fully saturated rings. The molecule has 25 heavy (non-hydrogen) atoms. The first-order chi connectivity index (χ1) is 12.1. The molecule has 5 nitrogen and oxygen atoms in total. The van der Waals surface area contributed by atoms with Crippen LogP contribution < -0.4 is 0 Å². The van der Waals surface area contributed by atoms with Crippen LogP contribution in [-0.2, 0) is 22.4 Å². The molecule has 134 valence electrons. The number of hydrogen-bond donors (Lipinski definition) is 1. The second-order valence-electron chi connectivity index (χ2n) is 7.74. The number of piperazine rings is 1. The Balaban J connectivity index is 1.29. The predicted octanol–water partition coefficient (Wildman–Crippen LogP) is 1.80. The fraction of sp³-hybridized carbons (Fsp3) is 0.600. The van der Waals surface area contributed by atoms with Crippen LogP contribution in [-0.4, -0.2) is 59.0 Å². The first-order valence-electron chi connectivity index (χ1n) is 9.44. The summed E-state index contributed by atoms with van der Waals surface area (Å²) >= 11 is 0. The summed E-state index contributed by atoms with van der Waals surface area (Å²) in [6.07, 6.45) is 4.13. The van der Waals surface area contributed by atoms with E-state index < -0.39 is 5.97 Å². The summed E-state index contributed by atoms with van der Waals surface area (Å²) in [5.74, 6) is -0.977. The second-order valence-corrected chi connectivity index (χ2v) is 7.74. The SMILES string of the molecule is O=C(O)[C@@H]1CC[C@H](C(=O)N2CCN(C3Cc4ccccc4C3)CC2)C1. The molecule has 0 bridgehead atoms. The summed E-state index contributed by atoms with van der Waals surface area (Å²) < 4.78 is 0. The van der Waals surface area contributed by atoms with Crippen LogP contribution in [0.2, 0.25) is 0 Å². The fourth-order valence-electron chi connectivity index (χ4n) is 4.79. The van der Waals surface area contributed by atoms with Crippen molar-refractivity contribution in [2.75, 3.05) is 26.2 Å². The molecule has 0 aromatic heterocycles. The number of rotatable bonds is 3. The highest BCUT2D eigenvalue weighted by Gasteiger charge is 2.37. The molecule has 3 aliphatic rings. The summed E-state index contributed by atoms with van der Waals surface area (Å²) in [5.41, 5.74) is 2.94. The van der Waals surface area contributed by atoms with E-state index in [-0.39, 0.29) is 17.7 Å². The van der Waals surface area contributed by atoms with E-state index in [1.165, 1.54) is 11.1 Å². The van der Waals surface area contributed by atoms with Gasteiger partial charge >= 0.3 is 5.97 Å². The minimum Gasteiger partial charge on any atom is -0.481 e. The number of fused-ring (bicyclic) bond motifs is 1. The highest BCUT2D eigenvalue weighted by molar-refractivity contribution is 5.81. The van der Waals surface area contributed by atoms with E-state index in [1.54, 1.807) is 0 Å². The van der Waals surface area contributed by atoms with Gasteiger partial charge in [0.1, 0.15) is 0 Å². The molecule has 0 radical (unpaired) electrons. The van der Waals surface area contributed by atoms with Crippen molar-refractivity contribution in [3.05, 3.63) is 35.4 Å². The minimum absolute atomic E-state index is 0.0802. The van der Waals surface area contributed by atoms with Crippen LogP contribution in [0, 0.1) is 11.8 Å². The van der Waals surface area contributed by atoms with E-state index in [2.05, 4.69) is 29.2 Å². The van der Waals surface area contributed by atoms with Crippen LogP contribution in [0.1, 0.15) is 30.4 Å². The summed E-state index contributed by atoms with van der Waals surface area (Å²) in [7, 11) is 0. The van der Waals surface area contributed by atoms with Crippen molar-refractivity contribution in [3.63, 3.8) is 0 Å². The summed E-state index contributed by atoms with van der Waals surface area (Å²) in [6, 6.07) is 9.26.